The third-order valence-corrected chi connectivity index (χ3v) is 4.87. The van der Waals surface area contributed by atoms with E-state index in [0.29, 0.717) is 6.42 Å². The summed E-state index contributed by atoms with van der Waals surface area (Å²) in [5.41, 5.74) is 1.03. The van der Waals surface area contributed by atoms with Gasteiger partial charge in [-0.1, -0.05) is 104 Å². The maximum Gasteiger partial charge on any atom is 0.244 e. The second kappa shape index (κ2) is 17.8. The Labute approximate surface area is 198 Å². The van der Waals surface area contributed by atoms with Crippen LogP contribution in [-0.4, -0.2) is 45.6 Å². The topological polar surface area (TPSA) is 89.8 Å². The van der Waals surface area contributed by atoms with Gasteiger partial charge in [-0.3, -0.25) is 4.79 Å². The molecule has 0 unspecified atom stereocenters. The minimum absolute atomic E-state index is 0.00135. The van der Waals surface area contributed by atoms with Crippen molar-refractivity contribution in [2.24, 2.45) is 0 Å². The summed E-state index contributed by atoms with van der Waals surface area (Å²) in [7, 11) is 0. The third kappa shape index (κ3) is 14.9. The highest BCUT2D eigenvalue weighted by molar-refractivity contribution is 5.88. The van der Waals surface area contributed by atoms with E-state index in [2.05, 4.69) is 24.4 Å². The van der Waals surface area contributed by atoms with Gasteiger partial charge in [0.15, 0.2) is 0 Å². The van der Waals surface area contributed by atoms with E-state index < -0.39 is 18.3 Å². The Morgan fingerprint density at radius 2 is 1.70 bits per heavy atom. The summed E-state index contributed by atoms with van der Waals surface area (Å²) in [6.07, 6.45) is 27.3. The first-order valence-electron chi connectivity index (χ1n) is 11.6. The minimum Gasteiger partial charge on any atom is -0.390 e. The van der Waals surface area contributed by atoms with E-state index in [9.17, 15) is 20.1 Å². The third-order valence-electron chi connectivity index (χ3n) is 4.87. The molecule has 0 radical (unpaired) electrons. The summed E-state index contributed by atoms with van der Waals surface area (Å²) in [4.78, 5) is 12.3. The average Bonchev–Trinajstić information content (AvgIpc) is 2.78. The molecule has 33 heavy (non-hydrogen) atoms. The molecule has 0 fully saturated rings. The molecule has 0 spiro atoms. The molecule has 5 nitrogen and oxygen atoms in total. The molecule has 1 aliphatic heterocycles. The van der Waals surface area contributed by atoms with E-state index in [-0.39, 0.29) is 18.4 Å². The maximum absolute atomic E-state index is 12.3. The number of aliphatic hydroxyl groups excluding tert-OH is 3. The van der Waals surface area contributed by atoms with Gasteiger partial charge in [0, 0.05) is 18.5 Å². The van der Waals surface area contributed by atoms with E-state index >= 15 is 0 Å². The van der Waals surface area contributed by atoms with Crippen LogP contribution in [0.15, 0.2) is 96.7 Å². The Balaban J connectivity index is 2.96. The van der Waals surface area contributed by atoms with Gasteiger partial charge in [-0.15, -0.1) is 0 Å². The summed E-state index contributed by atoms with van der Waals surface area (Å²) in [5.74, 6) is -0.168. The Bertz CT molecular complexity index is 799. The number of allylic oxidation sites excluding steroid dienone is 11. The largest absolute Gasteiger partial charge is 0.390 e. The standard InChI is InChI=1S/C28H39NO4/c1-3-4-5-8-17-24-18-13-11-15-23(2)16-12-14-19-25(30)22-27(32)26(31)20-9-6-7-10-21-28(33)29-24/h5-16,19-21,24-27,30-32H,3-4,17-18,22H2,1-2H3,(H,29,33)/b7-6+,8-5+,13-11+,16-12+,19-14-,20-9+,21-10+,23-15+/t24-,25-,26-,27-/m1/s1. The predicted octanol–water partition coefficient (Wildman–Crippen LogP) is 4.38. The molecular formula is C28H39NO4. The SMILES string of the molecule is CCC/C=C/C[C@@H]1C/C=C/C=C(C)/C=C/C=C\[C@@H](O)C[C@@H](O)[C@H](O)/C=C/C=C/C=C/C(=O)N1. The molecule has 4 N–H and O–H groups in total. The Hall–Kier alpha value is -2.73. The Kier molecular flexibility index (Phi) is 15.3. The summed E-state index contributed by atoms with van der Waals surface area (Å²) < 4.78 is 0. The lowest BCUT2D eigenvalue weighted by Crippen LogP contribution is -2.32. The number of hydrogen-bond acceptors (Lipinski definition) is 4. The Morgan fingerprint density at radius 1 is 0.970 bits per heavy atom. The van der Waals surface area contributed by atoms with Gasteiger partial charge in [0.1, 0.15) is 0 Å². The highest BCUT2D eigenvalue weighted by atomic mass is 16.3. The van der Waals surface area contributed by atoms with E-state index in [1.165, 1.54) is 12.2 Å². The zero-order chi connectivity index (χ0) is 24.3. The van der Waals surface area contributed by atoms with Crippen LogP contribution in [0, 0.1) is 0 Å². The number of rotatable bonds is 4. The van der Waals surface area contributed by atoms with E-state index in [4.69, 9.17) is 0 Å². The van der Waals surface area contributed by atoms with Gasteiger partial charge >= 0.3 is 0 Å². The molecule has 0 aromatic rings. The molecule has 0 aliphatic carbocycles. The average molecular weight is 454 g/mol. The van der Waals surface area contributed by atoms with Crippen molar-refractivity contribution in [1.29, 1.82) is 0 Å². The second-order valence-electron chi connectivity index (χ2n) is 8.01. The maximum atomic E-state index is 12.3. The summed E-state index contributed by atoms with van der Waals surface area (Å²) in [5, 5.41) is 33.1. The van der Waals surface area contributed by atoms with Crippen LogP contribution in [0.3, 0.4) is 0 Å². The molecule has 1 amide bonds. The van der Waals surface area contributed by atoms with Crippen molar-refractivity contribution in [2.45, 2.75) is 70.3 Å². The van der Waals surface area contributed by atoms with Crippen LogP contribution in [0.4, 0.5) is 0 Å². The lowest BCUT2D eigenvalue weighted by Gasteiger charge is -2.16. The van der Waals surface area contributed by atoms with Gasteiger partial charge in [-0.2, -0.15) is 0 Å². The fraction of sp³-hybridized carbons (Fsp3) is 0.393. The fourth-order valence-electron chi connectivity index (χ4n) is 2.97. The van der Waals surface area contributed by atoms with Crippen molar-refractivity contribution < 1.29 is 20.1 Å². The molecule has 0 saturated heterocycles. The van der Waals surface area contributed by atoms with Crippen LogP contribution in [-0.2, 0) is 4.79 Å². The van der Waals surface area contributed by atoms with Gasteiger partial charge in [0.05, 0.1) is 18.3 Å². The molecule has 0 aromatic heterocycles. The normalized spacial score (nSPS) is 33.5. The monoisotopic (exact) mass is 453 g/mol. The molecule has 180 valence electrons. The molecule has 0 saturated carbocycles. The fourth-order valence-corrected chi connectivity index (χ4v) is 2.97. The van der Waals surface area contributed by atoms with Crippen LogP contribution >= 0.6 is 0 Å². The van der Waals surface area contributed by atoms with Crippen molar-refractivity contribution in [2.75, 3.05) is 0 Å². The zero-order valence-corrected chi connectivity index (χ0v) is 19.8. The lowest BCUT2D eigenvalue weighted by molar-refractivity contribution is -0.117. The van der Waals surface area contributed by atoms with Crippen molar-refractivity contribution >= 4 is 5.91 Å². The molecule has 1 aliphatic rings. The number of nitrogens with one attached hydrogen (secondary N) is 1. The van der Waals surface area contributed by atoms with Crippen LogP contribution in [0.5, 0.6) is 0 Å². The number of amides is 1. The smallest absolute Gasteiger partial charge is 0.244 e. The van der Waals surface area contributed by atoms with Crippen LogP contribution in [0.1, 0.15) is 46.0 Å². The highest BCUT2D eigenvalue weighted by Crippen LogP contribution is 2.07. The van der Waals surface area contributed by atoms with Crippen molar-refractivity contribution in [1.82, 2.24) is 5.32 Å². The van der Waals surface area contributed by atoms with Crippen molar-refractivity contribution in [3.05, 3.63) is 96.7 Å². The molecule has 1 rings (SSSR count). The van der Waals surface area contributed by atoms with Crippen molar-refractivity contribution in [3.8, 4) is 0 Å². The van der Waals surface area contributed by atoms with Gasteiger partial charge in [0.25, 0.3) is 0 Å². The predicted molar refractivity (Wildman–Crippen MR) is 136 cm³/mol. The van der Waals surface area contributed by atoms with E-state index in [1.54, 1.807) is 36.5 Å². The first-order chi connectivity index (χ1) is 15.9. The van der Waals surface area contributed by atoms with Gasteiger partial charge < -0.3 is 20.6 Å². The molecule has 0 bridgehead atoms. The molecule has 0 aromatic carbocycles. The molecule has 5 heteroatoms. The first-order valence-corrected chi connectivity index (χ1v) is 11.6. The second-order valence-corrected chi connectivity index (χ2v) is 8.01. The number of hydrogen-bond donors (Lipinski definition) is 4. The molecular weight excluding hydrogens is 414 g/mol. The number of aliphatic hydroxyl groups is 3. The number of carbonyl (C=O) groups excluding carboxylic acids is 1. The van der Waals surface area contributed by atoms with Crippen LogP contribution < -0.4 is 5.32 Å². The highest BCUT2D eigenvalue weighted by Gasteiger charge is 2.16. The van der Waals surface area contributed by atoms with Gasteiger partial charge in [0.2, 0.25) is 5.91 Å². The van der Waals surface area contributed by atoms with Crippen molar-refractivity contribution in [3.63, 3.8) is 0 Å². The lowest BCUT2D eigenvalue weighted by atomic mass is 10.1. The summed E-state index contributed by atoms with van der Waals surface area (Å²) >= 11 is 0. The molecule has 4 atom stereocenters. The summed E-state index contributed by atoms with van der Waals surface area (Å²) in [6, 6.07) is -0.00135. The molecule has 1 heterocycles. The number of unbranched alkanes of at least 4 members (excludes halogenated alkanes) is 1. The first kappa shape index (κ1) is 28.3. The van der Waals surface area contributed by atoms with Gasteiger partial charge in [-0.25, -0.2) is 0 Å². The number of carbonyl (C=O) groups is 1. The zero-order valence-electron chi connectivity index (χ0n) is 19.8. The Morgan fingerprint density at radius 3 is 2.48 bits per heavy atom. The summed E-state index contributed by atoms with van der Waals surface area (Å²) in [6.45, 7) is 4.11. The van der Waals surface area contributed by atoms with E-state index in [0.717, 1.165) is 24.8 Å². The quantitative estimate of drug-likeness (QED) is 0.476. The minimum atomic E-state index is -1.10. The van der Waals surface area contributed by atoms with Gasteiger partial charge in [-0.05, 0) is 26.2 Å². The van der Waals surface area contributed by atoms with Crippen LogP contribution in [0.25, 0.3) is 0 Å². The van der Waals surface area contributed by atoms with E-state index in [1.807, 2.05) is 37.3 Å². The van der Waals surface area contributed by atoms with Crippen LogP contribution in [0.2, 0.25) is 0 Å².